The molecule has 16 heteroatoms. The number of fused-ring (bicyclic) bond motifs is 1. The fourth-order valence-corrected chi connectivity index (χ4v) is 6.14. The summed E-state index contributed by atoms with van der Waals surface area (Å²) in [7, 11) is 0. The Morgan fingerprint density at radius 1 is 1.30 bits per heavy atom. The van der Waals surface area contributed by atoms with Gasteiger partial charge in [0.2, 0.25) is 17.4 Å². The standard InChI is InChI=1S/C21H24N8O6S2/c22-21-25-15(27-37-21)12(26-35)16(30)24-13-18(32)29-14(20(33)34)10(8-36-19(13)29)7-9-3-5-28(17(9)31)6-4-23-11-1-2-11/h7,11,13,19,23,35H,1-6,8H2,(H,24,30)(H,33,34)(H2,22,25,27)/t13-,19-/m1/s1. The van der Waals surface area contributed by atoms with E-state index in [1.165, 1.54) is 11.8 Å². The van der Waals surface area contributed by atoms with Crippen molar-refractivity contribution in [3.05, 3.63) is 28.7 Å². The van der Waals surface area contributed by atoms with Gasteiger partial charge in [-0.2, -0.15) is 9.36 Å². The molecule has 37 heavy (non-hydrogen) atoms. The van der Waals surface area contributed by atoms with E-state index in [-0.39, 0.29) is 28.3 Å². The van der Waals surface area contributed by atoms with Crippen LogP contribution in [0.25, 0.3) is 0 Å². The van der Waals surface area contributed by atoms with Gasteiger partial charge in [-0.1, -0.05) is 5.16 Å². The van der Waals surface area contributed by atoms with Gasteiger partial charge >= 0.3 is 5.97 Å². The number of nitrogens with one attached hydrogen (secondary N) is 2. The Kier molecular flexibility index (Phi) is 6.87. The number of carbonyl (C=O) groups excluding carboxylic acids is 3. The molecule has 0 radical (unpaired) electrons. The Bertz CT molecular complexity index is 1260. The number of carboxylic acids is 1. The third-order valence-corrected chi connectivity index (χ3v) is 8.25. The zero-order valence-corrected chi connectivity index (χ0v) is 21.0. The second-order valence-electron chi connectivity index (χ2n) is 8.88. The van der Waals surface area contributed by atoms with Crippen LogP contribution in [0.5, 0.6) is 0 Å². The molecule has 0 aromatic carbocycles. The normalized spacial score (nSPS) is 25.0. The molecular weight excluding hydrogens is 524 g/mol. The third-order valence-electron chi connectivity index (χ3n) is 6.41. The molecule has 14 nitrogen and oxygen atoms in total. The first-order chi connectivity index (χ1) is 17.8. The molecule has 6 N–H and O–H groups in total. The van der Waals surface area contributed by atoms with Crippen molar-refractivity contribution < 1.29 is 29.5 Å². The van der Waals surface area contributed by atoms with Crippen LogP contribution in [0.3, 0.4) is 0 Å². The van der Waals surface area contributed by atoms with Crippen LogP contribution >= 0.6 is 23.3 Å². The van der Waals surface area contributed by atoms with Crippen LogP contribution in [0.2, 0.25) is 0 Å². The van der Waals surface area contributed by atoms with Crippen molar-refractivity contribution >= 4 is 57.8 Å². The number of carboxylic acid groups (broad SMARTS) is 1. The van der Waals surface area contributed by atoms with Crippen LogP contribution in [-0.2, 0) is 19.2 Å². The summed E-state index contributed by atoms with van der Waals surface area (Å²) in [6.07, 6.45) is 4.41. The minimum Gasteiger partial charge on any atom is -0.477 e. The van der Waals surface area contributed by atoms with Crippen molar-refractivity contribution in [2.75, 3.05) is 31.1 Å². The minimum absolute atomic E-state index is 0.0642. The molecule has 196 valence electrons. The quantitative estimate of drug-likeness (QED) is 0.0828. The number of nitrogen functional groups attached to an aromatic ring is 1. The lowest BCUT2D eigenvalue weighted by molar-refractivity contribution is -0.150. The Morgan fingerprint density at radius 2 is 2.08 bits per heavy atom. The minimum atomic E-state index is -1.30. The maximum absolute atomic E-state index is 12.9. The van der Waals surface area contributed by atoms with E-state index in [4.69, 9.17) is 5.73 Å². The van der Waals surface area contributed by atoms with Gasteiger partial charge in [-0.3, -0.25) is 19.3 Å². The summed E-state index contributed by atoms with van der Waals surface area (Å²) in [4.78, 5) is 57.2. The fraction of sp³-hybridized carbons (Fsp3) is 0.476. The van der Waals surface area contributed by atoms with Gasteiger partial charge in [0.25, 0.3) is 11.8 Å². The van der Waals surface area contributed by atoms with E-state index in [9.17, 15) is 29.5 Å². The molecule has 4 heterocycles. The van der Waals surface area contributed by atoms with Crippen molar-refractivity contribution in [1.29, 1.82) is 0 Å². The zero-order chi connectivity index (χ0) is 26.3. The smallest absolute Gasteiger partial charge is 0.352 e. The number of nitrogens with two attached hydrogens (primary N) is 1. The third kappa shape index (κ3) is 4.91. The average Bonchev–Trinajstić information content (AvgIpc) is 3.51. The van der Waals surface area contributed by atoms with Crippen LogP contribution in [-0.4, -0.2) is 102 Å². The largest absolute Gasteiger partial charge is 0.477 e. The number of anilines is 1. The van der Waals surface area contributed by atoms with E-state index in [1.54, 1.807) is 11.0 Å². The number of thioether (sulfide) groups is 1. The molecule has 3 fully saturated rings. The van der Waals surface area contributed by atoms with Gasteiger partial charge in [0.15, 0.2) is 5.13 Å². The van der Waals surface area contributed by atoms with Gasteiger partial charge in [0.1, 0.15) is 17.1 Å². The monoisotopic (exact) mass is 548 g/mol. The number of aliphatic carboxylic acids is 1. The van der Waals surface area contributed by atoms with E-state index in [0.29, 0.717) is 43.2 Å². The lowest BCUT2D eigenvalue weighted by atomic mass is 10.0. The molecule has 2 saturated heterocycles. The highest BCUT2D eigenvalue weighted by molar-refractivity contribution is 8.00. The highest BCUT2D eigenvalue weighted by Crippen LogP contribution is 2.41. The highest BCUT2D eigenvalue weighted by atomic mass is 32.2. The second kappa shape index (κ2) is 10.1. The zero-order valence-electron chi connectivity index (χ0n) is 19.4. The number of rotatable bonds is 9. The number of hydrogen-bond donors (Lipinski definition) is 5. The molecule has 1 aromatic heterocycles. The highest BCUT2D eigenvalue weighted by Gasteiger charge is 2.54. The topological polar surface area (TPSA) is 203 Å². The Morgan fingerprint density at radius 3 is 2.73 bits per heavy atom. The number of oxime groups is 1. The maximum atomic E-state index is 12.9. The predicted octanol–water partition coefficient (Wildman–Crippen LogP) is -1.05. The molecular formula is C21H24N8O6S2. The van der Waals surface area contributed by atoms with Gasteiger partial charge < -0.3 is 31.6 Å². The summed E-state index contributed by atoms with van der Waals surface area (Å²) >= 11 is 2.07. The van der Waals surface area contributed by atoms with Crippen LogP contribution in [0.1, 0.15) is 25.1 Å². The number of amides is 3. The van der Waals surface area contributed by atoms with Crippen LogP contribution in [0, 0.1) is 0 Å². The first-order valence-corrected chi connectivity index (χ1v) is 13.4. The number of likely N-dealkylation sites (tertiary alicyclic amines) is 1. The summed E-state index contributed by atoms with van der Waals surface area (Å²) in [6, 6.07) is -0.493. The maximum Gasteiger partial charge on any atom is 0.352 e. The summed E-state index contributed by atoms with van der Waals surface area (Å²) < 4.78 is 3.82. The fourth-order valence-electron chi connectivity index (χ4n) is 4.40. The molecule has 0 unspecified atom stereocenters. The van der Waals surface area contributed by atoms with Gasteiger partial charge in [0.05, 0.1) is 0 Å². The molecule has 0 bridgehead atoms. The Labute approximate surface area is 218 Å². The van der Waals surface area contributed by atoms with E-state index >= 15 is 0 Å². The molecule has 1 aromatic rings. The molecule has 3 amide bonds. The Hall–Kier alpha value is -3.50. The average molecular weight is 549 g/mol. The molecule has 3 aliphatic heterocycles. The number of aromatic nitrogens is 2. The van der Waals surface area contributed by atoms with Crippen LogP contribution < -0.4 is 16.4 Å². The summed E-state index contributed by atoms with van der Waals surface area (Å²) in [5, 5.41) is 27.3. The van der Waals surface area contributed by atoms with Gasteiger partial charge in [0, 0.05) is 48.5 Å². The Balaban J connectivity index is 1.28. The molecule has 1 saturated carbocycles. The van der Waals surface area contributed by atoms with Gasteiger partial charge in [-0.15, -0.1) is 11.8 Å². The van der Waals surface area contributed by atoms with Crippen molar-refractivity contribution in [1.82, 2.24) is 29.8 Å². The van der Waals surface area contributed by atoms with Crippen molar-refractivity contribution in [3.63, 3.8) is 0 Å². The lowest BCUT2D eigenvalue weighted by Gasteiger charge is -2.49. The first-order valence-electron chi connectivity index (χ1n) is 11.5. The molecule has 2 atom stereocenters. The predicted molar refractivity (Wildman–Crippen MR) is 133 cm³/mol. The summed E-state index contributed by atoms with van der Waals surface area (Å²) in [5.74, 6) is -2.93. The second-order valence-corrected chi connectivity index (χ2v) is 10.8. The van der Waals surface area contributed by atoms with E-state index in [2.05, 4.69) is 25.1 Å². The van der Waals surface area contributed by atoms with Crippen LogP contribution in [0.4, 0.5) is 5.13 Å². The summed E-state index contributed by atoms with van der Waals surface area (Å²) in [5.41, 5.74) is 5.66. The number of carbonyl (C=O) groups is 4. The van der Waals surface area contributed by atoms with E-state index in [1.807, 2.05) is 0 Å². The van der Waals surface area contributed by atoms with Crippen molar-refractivity contribution in [3.8, 4) is 0 Å². The van der Waals surface area contributed by atoms with Crippen LogP contribution in [0.15, 0.2) is 28.1 Å². The lowest BCUT2D eigenvalue weighted by Crippen LogP contribution is -2.71. The molecule has 4 aliphatic rings. The van der Waals surface area contributed by atoms with Crippen molar-refractivity contribution in [2.24, 2.45) is 5.16 Å². The van der Waals surface area contributed by atoms with Gasteiger partial charge in [-0.25, -0.2) is 4.79 Å². The van der Waals surface area contributed by atoms with E-state index < -0.39 is 34.9 Å². The van der Waals surface area contributed by atoms with Crippen molar-refractivity contribution in [2.45, 2.75) is 36.7 Å². The molecule has 0 spiro atoms. The number of nitrogens with zero attached hydrogens (tertiary/aromatic N) is 5. The van der Waals surface area contributed by atoms with E-state index in [0.717, 1.165) is 29.3 Å². The molecule has 5 rings (SSSR count). The number of allylic oxidation sites excluding steroid dienone is 1. The number of hydrogen-bond acceptors (Lipinski definition) is 12. The summed E-state index contributed by atoms with van der Waals surface area (Å²) in [6.45, 7) is 1.87. The first kappa shape index (κ1) is 25.2. The SMILES string of the molecule is Nc1nc(C(=NO)C(=O)N[C@@H]2C(=O)N3C(C(=O)O)=C(C=C4CCN(CCNC5CC5)C4=O)CS[C@H]23)ns1. The van der Waals surface area contributed by atoms with Gasteiger partial charge in [-0.05, 0) is 30.9 Å². The molecule has 1 aliphatic carbocycles. The number of β-lactam (4-membered cyclic amide) rings is 1.